The summed E-state index contributed by atoms with van der Waals surface area (Å²) in [5.74, 6) is 0.956. The van der Waals surface area contributed by atoms with Crippen molar-refractivity contribution >= 4 is 29.2 Å². The van der Waals surface area contributed by atoms with Crippen LogP contribution in [0.3, 0.4) is 0 Å². The lowest BCUT2D eigenvalue weighted by atomic mass is 10.1. The minimum absolute atomic E-state index is 0.0231. The van der Waals surface area contributed by atoms with Gasteiger partial charge in [0.25, 0.3) is 5.56 Å². The van der Waals surface area contributed by atoms with Crippen molar-refractivity contribution in [1.82, 2.24) is 20.1 Å². The summed E-state index contributed by atoms with van der Waals surface area (Å²) in [5, 5.41) is 7.54. The van der Waals surface area contributed by atoms with Gasteiger partial charge in [-0.1, -0.05) is 0 Å². The quantitative estimate of drug-likeness (QED) is 0.367. The molecule has 0 saturated carbocycles. The number of pyridine rings is 1. The van der Waals surface area contributed by atoms with Gasteiger partial charge in [-0.2, -0.15) is 43.2 Å². The van der Waals surface area contributed by atoms with Crippen molar-refractivity contribution in [2.45, 2.75) is 50.0 Å². The predicted octanol–water partition coefficient (Wildman–Crippen LogP) is 3.93. The normalized spacial score (nSPS) is 20.4. The molecule has 0 bridgehead atoms. The van der Waals surface area contributed by atoms with Gasteiger partial charge in [-0.15, -0.1) is 0 Å². The number of thioether (sulfide) groups is 1. The molecule has 3 atom stereocenters. The average Bonchev–Trinajstić information content (AvgIpc) is 3.01. The first-order valence-corrected chi connectivity index (χ1v) is 13.5. The van der Waals surface area contributed by atoms with Crippen molar-refractivity contribution in [3.63, 3.8) is 0 Å². The maximum atomic E-state index is 13.2. The minimum atomic E-state index is -4.87. The third-order valence-electron chi connectivity index (χ3n) is 6.68. The molecule has 2 aliphatic rings. The molecule has 16 heteroatoms. The van der Waals surface area contributed by atoms with Gasteiger partial charge in [-0.05, 0) is 19.9 Å². The van der Waals surface area contributed by atoms with Gasteiger partial charge in [0.1, 0.15) is 11.4 Å². The second kappa shape index (κ2) is 11.8. The third kappa shape index (κ3) is 6.82. The first-order valence-electron chi connectivity index (χ1n) is 12.5. The largest absolute Gasteiger partial charge is 0.423 e. The topological polar surface area (TPSA) is 103 Å². The summed E-state index contributed by atoms with van der Waals surface area (Å²) >= 11 is 1.51. The molecular weight excluding hydrogens is 566 g/mol. The molecule has 220 valence electrons. The van der Waals surface area contributed by atoms with Crippen LogP contribution in [0, 0.1) is 0 Å². The molecule has 40 heavy (non-hydrogen) atoms. The second-order valence-electron chi connectivity index (χ2n) is 9.65. The van der Waals surface area contributed by atoms with Gasteiger partial charge < -0.3 is 19.9 Å². The van der Waals surface area contributed by atoms with Gasteiger partial charge in [0.2, 0.25) is 5.91 Å². The number of nitrogens with zero attached hydrogens (tertiary/aromatic N) is 4. The Labute approximate surface area is 229 Å². The Kier molecular flexibility index (Phi) is 8.87. The Morgan fingerprint density at radius 3 is 2.67 bits per heavy atom. The van der Waals surface area contributed by atoms with Crippen molar-refractivity contribution in [3.05, 3.63) is 45.5 Å². The molecule has 0 aliphatic carbocycles. The van der Waals surface area contributed by atoms with E-state index in [1.807, 2.05) is 11.8 Å². The average molecular weight is 595 g/mol. The molecule has 1 saturated heterocycles. The van der Waals surface area contributed by atoms with E-state index in [0.29, 0.717) is 36.8 Å². The summed E-state index contributed by atoms with van der Waals surface area (Å²) in [4.78, 5) is 32.2. The van der Waals surface area contributed by atoms with Crippen molar-refractivity contribution in [2.75, 3.05) is 48.8 Å². The molecule has 2 aromatic rings. The molecule has 0 spiro atoms. The number of carbonyl (C=O) groups excluding carboxylic acids is 1. The molecule has 1 amide bonds. The molecule has 0 aromatic carbocycles. The van der Waals surface area contributed by atoms with Crippen LogP contribution in [0.2, 0.25) is 0 Å². The van der Waals surface area contributed by atoms with Crippen LogP contribution in [0.5, 0.6) is 0 Å². The molecule has 2 unspecified atom stereocenters. The molecule has 0 radical (unpaired) electrons. The third-order valence-corrected chi connectivity index (χ3v) is 8.01. The van der Waals surface area contributed by atoms with Gasteiger partial charge >= 0.3 is 12.4 Å². The number of rotatable bonds is 7. The fraction of sp³-hybridized carbons (Fsp3) is 0.583. The fourth-order valence-corrected chi connectivity index (χ4v) is 5.84. The highest BCUT2D eigenvalue weighted by molar-refractivity contribution is 7.99. The smallest absolute Gasteiger partial charge is 0.379 e. The van der Waals surface area contributed by atoms with Gasteiger partial charge in [-0.3, -0.25) is 9.59 Å². The Morgan fingerprint density at radius 2 is 1.98 bits per heavy atom. The predicted molar refractivity (Wildman–Crippen MR) is 136 cm³/mol. The van der Waals surface area contributed by atoms with E-state index < -0.39 is 40.8 Å². The van der Waals surface area contributed by atoms with Gasteiger partial charge in [-0.25, -0.2) is 10.1 Å². The summed E-state index contributed by atoms with van der Waals surface area (Å²) < 4.78 is 84.8. The van der Waals surface area contributed by atoms with Crippen LogP contribution in [-0.4, -0.2) is 76.7 Å². The van der Waals surface area contributed by atoms with Crippen LogP contribution in [0.25, 0.3) is 0 Å². The number of halogens is 6. The number of aromatic nitrogens is 3. The summed E-state index contributed by atoms with van der Waals surface area (Å²) in [6, 6.07) is 0.425. The lowest BCUT2D eigenvalue weighted by molar-refractivity contribution is -0.138. The summed E-state index contributed by atoms with van der Waals surface area (Å²) in [6.07, 6.45) is -7.58. The van der Waals surface area contributed by atoms with Crippen molar-refractivity contribution in [3.8, 4) is 0 Å². The fourth-order valence-electron chi connectivity index (χ4n) is 4.69. The highest BCUT2D eigenvalue weighted by Crippen LogP contribution is 2.42. The molecular formula is C24H28F6N6O3S. The number of anilines is 2. The number of amides is 1. The first-order chi connectivity index (χ1) is 18.8. The SMILES string of the molecule is CC1SCC2CN(C(=O)CCOC[C@H](C)Nc3cn[nH]c(=O)c3C(F)(F)F)CCN2c2ncc(C(F)(F)F)cc21. The highest BCUT2D eigenvalue weighted by Gasteiger charge is 2.39. The molecule has 4 rings (SSSR count). The van der Waals surface area contributed by atoms with Crippen LogP contribution in [0.4, 0.5) is 37.8 Å². The van der Waals surface area contributed by atoms with E-state index in [-0.39, 0.29) is 36.8 Å². The van der Waals surface area contributed by atoms with E-state index >= 15 is 0 Å². The summed E-state index contributed by atoms with van der Waals surface area (Å²) in [5.41, 5.74) is -3.47. The number of hydrogen-bond acceptors (Lipinski definition) is 8. The van der Waals surface area contributed by atoms with E-state index in [2.05, 4.69) is 15.4 Å². The Bertz CT molecular complexity index is 1270. The maximum Gasteiger partial charge on any atom is 0.423 e. The molecule has 1 fully saturated rings. The zero-order chi connectivity index (χ0) is 29.2. The zero-order valence-corrected chi connectivity index (χ0v) is 22.4. The number of carbonyl (C=O) groups is 1. The number of alkyl halides is 6. The number of piperazine rings is 1. The summed E-state index contributed by atoms with van der Waals surface area (Å²) in [6.45, 7) is 4.59. The number of H-pyrrole nitrogens is 1. The zero-order valence-electron chi connectivity index (χ0n) is 21.6. The Morgan fingerprint density at radius 1 is 1.23 bits per heavy atom. The maximum absolute atomic E-state index is 13.2. The first kappa shape index (κ1) is 30.0. The van der Waals surface area contributed by atoms with E-state index in [0.717, 1.165) is 18.5 Å². The molecule has 2 N–H and O–H groups in total. The number of ether oxygens (including phenoxy) is 1. The monoisotopic (exact) mass is 594 g/mol. The molecule has 2 aliphatic heterocycles. The van der Waals surface area contributed by atoms with Gasteiger partial charge in [0.05, 0.1) is 43.1 Å². The van der Waals surface area contributed by atoms with Crippen LogP contribution in [-0.2, 0) is 21.9 Å². The number of aromatic amines is 1. The molecule has 9 nitrogen and oxygen atoms in total. The van der Waals surface area contributed by atoms with Crippen LogP contribution >= 0.6 is 11.8 Å². The van der Waals surface area contributed by atoms with Crippen LogP contribution in [0.15, 0.2) is 23.3 Å². The number of nitrogens with one attached hydrogen (secondary N) is 2. The summed E-state index contributed by atoms with van der Waals surface area (Å²) in [7, 11) is 0. The van der Waals surface area contributed by atoms with Crippen molar-refractivity contribution < 1.29 is 35.9 Å². The second-order valence-corrected chi connectivity index (χ2v) is 11.0. The van der Waals surface area contributed by atoms with Crippen LogP contribution in [0.1, 0.15) is 42.2 Å². The van der Waals surface area contributed by atoms with Crippen molar-refractivity contribution in [2.24, 2.45) is 0 Å². The minimum Gasteiger partial charge on any atom is -0.379 e. The van der Waals surface area contributed by atoms with E-state index in [9.17, 15) is 35.9 Å². The number of hydrogen-bond donors (Lipinski definition) is 2. The van der Waals surface area contributed by atoms with E-state index in [4.69, 9.17) is 4.74 Å². The lowest BCUT2D eigenvalue weighted by Gasteiger charge is -2.41. The van der Waals surface area contributed by atoms with Crippen LogP contribution < -0.4 is 15.8 Å². The van der Waals surface area contributed by atoms with E-state index in [1.54, 1.807) is 16.9 Å². The number of fused-ring (bicyclic) bond motifs is 3. The lowest BCUT2D eigenvalue weighted by Crippen LogP contribution is -2.56. The van der Waals surface area contributed by atoms with Gasteiger partial charge in [0.15, 0.2) is 0 Å². The Balaban J connectivity index is 1.28. The van der Waals surface area contributed by atoms with Crippen molar-refractivity contribution in [1.29, 1.82) is 0 Å². The Hall–Kier alpha value is -3.01. The van der Waals surface area contributed by atoms with E-state index in [1.165, 1.54) is 11.8 Å². The van der Waals surface area contributed by atoms with Gasteiger partial charge in [0, 0.05) is 48.4 Å². The molecule has 4 heterocycles. The highest BCUT2D eigenvalue weighted by atomic mass is 32.2. The standard InChI is InChI=1S/C24H28F6N6O3S/c1-13(33-18-9-32-34-22(38)20(18)24(28,29)30)11-39-6-3-19(37)35-4-5-36-16(10-35)12-40-14(2)17-7-15(23(25,26)27)8-31-21(17)36/h7-9,13-14,16H,3-6,10-12H2,1-2H3,(H2,33,34,38)/t13-,14?,16?/m0/s1. The molecule has 2 aromatic heterocycles.